The van der Waals surface area contributed by atoms with Crippen molar-refractivity contribution < 1.29 is 43.2 Å². The number of aryl methyl sites for hydroxylation is 1. The van der Waals surface area contributed by atoms with Gasteiger partial charge in [-0.2, -0.15) is 0 Å². The standard InChI is InChI=1S/C57H60O10/c1-34(2)43-19-16-36-17-20-44-40(28-36)14-8-9-25-57(3)54(66-55(43)61)53(51-48(67-57)23-22-46-47(32-59)50(56(62)65-52(46)51)41(24-26-58)33-63-4)64-49(60)31-42-30-39(18-21-45(42)44)38-15-10-13-37(29-38)27-35-11-6-5-7-12-35/h5-7,10-13,15,17,20,22-23,28-29,39,41-42,45,53-54,58-59H,14,16,18-19,21,24-27,30-33H2,1-4H3. The molecule has 0 spiro atoms. The molecule has 5 aromatic rings. The molecule has 4 heterocycles. The van der Waals surface area contributed by atoms with Gasteiger partial charge < -0.3 is 33.6 Å². The summed E-state index contributed by atoms with van der Waals surface area (Å²) in [5.41, 5.74) is 7.21. The van der Waals surface area contributed by atoms with Crippen molar-refractivity contribution in [1.29, 1.82) is 0 Å². The minimum Gasteiger partial charge on any atom is -0.482 e. The smallest absolute Gasteiger partial charge is 0.340 e. The summed E-state index contributed by atoms with van der Waals surface area (Å²) in [5.74, 6) is 5.67. The van der Waals surface area contributed by atoms with Crippen LogP contribution in [0.25, 0.3) is 11.0 Å². The van der Waals surface area contributed by atoms with Crippen LogP contribution in [0.15, 0.2) is 105 Å². The second-order valence-electron chi connectivity index (χ2n) is 19.3. The lowest BCUT2D eigenvalue weighted by atomic mass is 9.67. The number of rotatable bonds is 9. The minimum absolute atomic E-state index is 0.0514. The van der Waals surface area contributed by atoms with E-state index in [-0.39, 0.29) is 72.7 Å². The number of ether oxygens (including phenoxy) is 4. The SMILES string of the molecule is COCC(CCO)c1c(CO)c2ccc3c(c2oc1=O)C1OC(=O)CC2CC(c4cccc(Cc5ccccc5)c4)CCC2c2ccc4cc2CC#CCC(C)(O3)C1OC(=O)C(=C(C)C)CC4. The van der Waals surface area contributed by atoms with Crippen LogP contribution in [0.4, 0.5) is 0 Å². The van der Waals surface area contributed by atoms with E-state index in [0.717, 1.165) is 42.4 Å². The van der Waals surface area contributed by atoms with Crippen molar-refractivity contribution in [3.63, 3.8) is 0 Å². The number of carbonyl (C=O) groups is 2. The van der Waals surface area contributed by atoms with Gasteiger partial charge >= 0.3 is 17.6 Å². The minimum atomic E-state index is -1.33. The van der Waals surface area contributed by atoms with Crippen molar-refractivity contribution >= 4 is 22.9 Å². The summed E-state index contributed by atoms with van der Waals surface area (Å²) in [4.78, 5) is 43.9. The molecule has 348 valence electrons. The summed E-state index contributed by atoms with van der Waals surface area (Å²) in [6.45, 7) is 4.96. The second kappa shape index (κ2) is 19.7. The molecule has 0 radical (unpaired) electrons. The van der Waals surface area contributed by atoms with E-state index in [1.807, 2.05) is 26.8 Å². The van der Waals surface area contributed by atoms with Gasteiger partial charge in [-0.3, -0.25) is 4.79 Å². The number of fused-ring (bicyclic) bond motifs is 9. The predicted octanol–water partition coefficient (Wildman–Crippen LogP) is 9.63. The molecule has 9 rings (SSSR count). The molecule has 10 heteroatoms. The summed E-state index contributed by atoms with van der Waals surface area (Å²) in [7, 11) is 1.51. The van der Waals surface area contributed by atoms with Crippen LogP contribution in [0.3, 0.4) is 0 Å². The number of methoxy groups -OCH3 is 1. The van der Waals surface area contributed by atoms with Crippen LogP contribution in [-0.2, 0) is 49.7 Å². The number of allylic oxidation sites excluding steroid dienone is 1. The van der Waals surface area contributed by atoms with Crippen LogP contribution >= 0.6 is 0 Å². The lowest BCUT2D eigenvalue weighted by molar-refractivity contribution is -0.190. The van der Waals surface area contributed by atoms with Gasteiger partial charge in [-0.25, -0.2) is 9.59 Å². The molecule has 3 aliphatic heterocycles. The summed E-state index contributed by atoms with van der Waals surface area (Å²) < 4.78 is 31.9. The summed E-state index contributed by atoms with van der Waals surface area (Å²) in [5, 5.41) is 21.3. The molecule has 4 aromatic carbocycles. The van der Waals surface area contributed by atoms with E-state index >= 15 is 4.79 Å². The number of aliphatic hydroxyl groups is 2. The van der Waals surface area contributed by atoms with Crippen molar-refractivity contribution in [2.75, 3.05) is 20.3 Å². The fourth-order valence-corrected chi connectivity index (χ4v) is 11.3. The Labute approximate surface area is 392 Å². The van der Waals surface area contributed by atoms with Crippen LogP contribution in [0.5, 0.6) is 5.75 Å². The van der Waals surface area contributed by atoms with Gasteiger partial charge in [0.05, 0.1) is 25.2 Å². The van der Waals surface area contributed by atoms with Gasteiger partial charge in [-0.1, -0.05) is 90.2 Å². The Bertz CT molecular complexity index is 2820. The quantitative estimate of drug-likeness (QED) is 0.0636. The van der Waals surface area contributed by atoms with Crippen molar-refractivity contribution in [2.45, 2.75) is 127 Å². The molecule has 1 fully saturated rings. The highest BCUT2D eigenvalue weighted by molar-refractivity contribution is 5.90. The fraction of sp³-hybridized carbons (Fsp3) is 0.421. The first kappa shape index (κ1) is 46.1. The molecule has 7 unspecified atom stereocenters. The third kappa shape index (κ3) is 9.34. The zero-order valence-corrected chi connectivity index (χ0v) is 38.9. The maximum absolute atomic E-state index is 15.1. The van der Waals surface area contributed by atoms with Crippen LogP contribution < -0.4 is 10.4 Å². The molecule has 1 aromatic heterocycles. The third-order valence-corrected chi connectivity index (χ3v) is 14.7. The van der Waals surface area contributed by atoms with E-state index in [4.69, 9.17) is 23.4 Å². The largest absolute Gasteiger partial charge is 0.482 e. The molecular weight excluding hydrogens is 845 g/mol. The van der Waals surface area contributed by atoms with E-state index in [9.17, 15) is 19.8 Å². The number of hydrogen-bond donors (Lipinski definition) is 2. The lowest BCUT2D eigenvalue weighted by Crippen LogP contribution is -2.54. The zero-order valence-electron chi connectivity index (χ0n) is 38.9. The lowest BCUT2D eigenvalue weighted by Gasteiger charge is -2.45. The Morgan fingerprint density at radius 2 is 1.73 bits per heavy atom. The molecular formula is C57H60O10. The van der Waals surface area contributed by atoms with E-state index in [1.165, 1.54) is 29.4 Å². The zero-order chi connectivity index (χ0) is 46.8. The van der Waals surface area contributed by atoms with Gasteiger partial charge in [0.2, 0.25) is 0 Å². The van der Waals surface area contributed by atoms with Crippen LogP contribution in [-0.4, -0.2) is 54.2 Å². The van der Waals surface area contributed by atoms with E-state index in [1.54, 1.807) is 12.1 Å². The molecule has 10 nitrogen and oxygen atoms in total. The maximum atomic E-state index is 15.1. The molecule has 5 bridgehead atoms. The first-order valence-corrected chi connectivity index (χ1v) is 23.8. The van der Waals surface area contributed by atoms with Gasteiger partial charge in [0, 0.05) is 49.0 Å². The Morgan fingerprint density at radius 3 is 2.51 bits per heavy atom. The van der Waals surface area contributed by atoms with E-state index < -0.39 is 47.9 Å². The molecule has 67 heavy (non-hydrogen) atoms. The Morgan fingerprint density at radius 1 is 0.910 bits per heavy atom. The summed E-state index contributed by atoms with van der Waals surface area (Å²) in [6, 6.07) is 29.4. The number of carbonyl (C=O) groups excluding carboxylic acids is 2. The molecule has 1 aliphatic carbocycles. The molecule has 0 saturated heterocycles. The average Bonchev–Trinajstić information content (AvgIpc) is 3.31. The van der Waals surface area contributed by atoms with Crippen LogP contribution in [0.2, 0.25) is 0 Å². The molecule has 7 atom stereocenters. The number of benzene rings is 4. The number of aliphatic hydroxyl groups excluding tert-OH is 2. The highest BCUT2D eigenvalue weighted by Gasteiger charge is 2.53. The first-order valence-electron chi connectivity index (χ1n) is 23.8. The van der Waals surface area contributed by atoms with Crippen LogP contribution in [0.1, 0.15) is 140 Å². The first-order chi connectivity index (χ1) is 32.5. The van der Waals surface area contributed by atoms with Gasteiger partial charge in [-0.15, -0.1) is 0 Å². The van der Waals surface area contributed by atoms with E-state index in [2.05, 4.69) is 78.6 Å². The van der Waals surface area contributed by atoms with Gasteiger partial charge in [0.25, 0.3) is 0 Å². The number of esters is 2. The predicted molar refractivity (Wildman–Crippen MR) is 255 cm³/mol. The highest BCUT2D eigenvalue weighted by Crippen LogP contribution is 2.51. The van der Waals surface area contributed by atoms with Gasteiger partial charge in [-0.05, 0) is 135 Å². The Kier molecular flexibility index (Phi) is 13.6. The Balaban J connectivity index is 1.20. The number of hydrogen-bond acceptors (Lipinski definition) is 10. The highest BCUT2D eigenvalue weighted by atomic mass is 16.6. The average molecular weight is 905 g/mol. The normalized spacial score (nSPS) is 24.1. The fourth-order valence-electron chi connectivity index (χ4n) is 11.3. The monoisotopic (exact) mass is 904 g/mol. The van der Waals surface area contributed by atoms with Crippen LogP contribution in [0, 0.1) is 17.8 Å². The third-order valence-electron chi connectivity index (χ3n) is 14.7. The van der Waals surface area contributed by atoms with Crippen molar-refractivity contribution in [2.24, 2.45) is 5.92 Å². The van der Waals surface area contributed by atoms with Gasteiger partial charge in [0.1, 0.15) is 11.3 Å². The summed E-state index contributed by atoms with van der Waals surface area (Å²) >= 11 is 0. The molecule has 0 amide bonds. The van der Waals surface area contributed by atoms with E-state index in [0.29, 0.717) is 35.8 Å². The summed E-state index contributed by atoms with van der Waals surface area (Å²) in [6.07, 6.45) is 2.81. The van der Waals surface area contributed by atoms with Crippen molar-refractivity contribution in [3.05, 3.63) is 157 Å². The topological polar surface area (TPSA) is 142 Å². The molecule has 2 N–H and O–H groups in total. The van der Waals surface area contributed by atoms with Gasteiger partial charge in [0.15, 0.2) is 17.8 Å². The molecule has 4 aliphatic rings. The Hall–Kier alpha value is -5.99. The second-order valence-corrected chi connectivity index (χ2v) is 19.3. The maximum Gasteiger partial charge on any atom is 0.340 e. The van der Waals surface area contributed by atoms with Crippen molar-refractivity contribution in [1.82, 2.24) is 0 Å². The molecule has 1 saturated carbocycles. The van der Waals surface area contributed by atoms with Crippen molar-refractivity contribution in [3.8, 4) is 17.6 Å².